The summed E-state index contributed by atoms with van der Waals surface area (Å²) in [6.45, 7) is 2.59. The van der Waals surface area contributed by atoms with Crippen molar-refractivity contribution in [3.05, 3.63) is 0 Å². The molecule has 2 heteroatoms. The molecular formula is C17H30N2. The molecule has 0 aromatic carbocycles. The van der Waals surface area contributed by atoms with Crippen LogP contribution >= 0.6 is 0 Å². The van der Waals surface area contributed by atoms with Gasteiger partial charge in [-0.2, -0.15) is 0 Å². The van der Waals surface area contributed by atoms with Crippen molar-refractivity contribution in [3.8, 4) is 0 Å². The summed E-state index contributed by atoms with van der Waals surface area (Å²) < 4.78 is 0. The van der Waals surface area contributed by atoms with Gasteiger partial charge in [-0.3, -0.25) is 0 Å². The van der Waals surface area contributed by atoms with Gasteiger partial charge in [0.1, 0.15) is 0 Å². The molecule has 0 aromatic rings. The summed E-state index contributed by atoms with van der Waals surface area (Å²) in [7, 11) is 2.31. The number of nitrogens with zero attached hydrogens (tertiary/aromatic N) is 1. The molecule has 5 aliphatic rings. The summed E-state index contributed by atoms with van der Waals surface area (Å²) >= 11 is 0. The van der Waals surface area contributed by atoms with Crippen molar-refractivity contribution in [1.29, 1.82) is 0 Å². The van der Waals surface area contributed by atoms with Crippen LogP contribution in [0.4, 0.5) is 0 Å². The van der Waals surface area contributed by atoms with Crippen LogP contribution in [-0.2, 0) is 0 Å². The first kappa shape index (κ1) is 12.6. The summed E-state index contributed by atoms with van der Waals surface area (Å²) in [5.74, 6) is 4.30. The zero-order chi connectivity index (χ0) is 12.8. The topological polar surface area (TPSA) is 15.3 Å². The molecule has 4 bridgehead atoms. The fourth-order valence-corrected chi connectivity index (χ4v) is 6.02. The molecule has 108 valence electrons. The minimum absolute atomic E-state index is 0.865. The van der Waals surface area contributed by atoms with E-state index in [1.54, 1.807) is 32.1 Å². The Morgan fingerprint density at radius 1 is 1.00 bits per heavy atom. The SMILES string of the molecule is CN1CCC[C@@H]1CCNC1C2CC3CC(C2)CC1C3. The number of likely N-dealkylation sites (tertiary alicyclic amines) is 1. The van der Waals surface area contributed by atoms with E-state index in [0.717, 1.165) is 35.8 Å². The van der Waals surface area contributed by atoms with Gasteiger partial charge in [0.2, 0.25) is 0 Å². The summed E-state index contributed by atoms with van der Waals surface area (Å²) in [6.07, 6.45) is 12.0. The van der Waals surface area contributed by atoms with Crippen molar-refractivity contribution in [2.24, 2.45) is 23.7 Å². The van der Waals surface area contributed by atoms with Gasteiger partial charge in [-0.25, -0.2) is 0 Å². The van der Waals surface area contributed by atoms with Gasteiger partial charge in [0, 0.05) is 12.1 Å². The van der Waals surface area contributed by atoms with Crippen LogP contribution in [-0.4, -0.2) is 37.1 Å². The van der Waals surface area contributed by atoms with E-state index in [-0.39, 0.29) is 0 Å². The molecule has 5 fully saturated rings. The predicted octanol–water partition coefficient (Wildman–Crippen LogP) is 2.89. The highest BCUT2D eigenvalue weighted by Gasteiger charge is 2.47. The van der Waals surface area contributed by atoms with Crippen molar-refractivity contribution >= 4 is 0 Å². The van der Waals surface area contributed by atoms with E-state index in [4.69, 9.17) is 0 Å². The molecule has 19 heavy (non-hydrogen) atoms. The first-order chi connectivity index (χ1) is 9.29. The van der Waals surface area contributed by atoms with Crippen LogP contribution in [0.5, 0.6) is 0 Å². The molecule has 0 spiro atoms. The fraction of sp³-hybridized carbons (Fsp3) is 1.00. The van der Waals surface area contributed by atoms with Crippen LogP contribution in [0, 0.1) is 23.7 Å². The average molecular weight is 262 g/mol. The van der Waals surface area contributed by atoms with Gasteiger partial charge in [-0.1, -0.05) is 0 Å². The molecular weight excluding hydrogens is 232 g/mol. The van der Waals surface area contributed by atoms with E-state index < -0.39 is 0 Å². The average Bonchev–Trinajstić information content (AvgIpc) is 2.78. The Bertz CT molecular complexity index is 299. The van der Waals surface area contributed by atoms with E-state index in [9.17, 15) is 0 Å². The van der Waals surface area contributed by atoms with Crippen LogP contribution in [0.25, 0.3) is 0 Å². The van der Waals surface area contributed by atoms with Gasteiger partial charge in [0.15, 0.2) is 0 Å². The molecule has 1 aliphatic heterocycles. The van der Waals surface area contributed by atoms with Crippen LogP contribution in [0.3, 0.4) is 0 Å². The van der Waals surface area contributed by atoms with E-state index >= 15 is 0 Å². The standard InChI is InChI=1S/C17H30N2/c1-19-6-2-3-16(19)4-5-18-17-14-8-12-7-13(10-14)11-15(17)9-12/h12-18H,2-11H2,1H3/t12?,13?,14?,15?,16-,17?/m1/s1. The monoisotopic (exact) mass is 262 g/mol. The van der Waals surface area contributed by atoms with Crippen molar-refractivity contribution in [1.82, 2.24) is 10.2 Å². The third kappa shape index (κ3) is 2.35. The largest absolute Gasteiger partial charge is 0.313 e. The van der Waals surface area contributed by atoms with E-state index in [1.807, 2.05) is 0 Å². The number of rotatable bonds is 4. The van der Waals surface area contributed by atoms with Gasteiger partial charge in [-0.05, 0) is 95.2 Å². The van der Waals surface area contributed by atoms with Gasteiger partial charge in [0.05, 0.1) is 0 Å². The second-order valence-corrected chi connectivity index (χ2v) is 7.98. The number of hydrogen-bond donors (Lipinski definition) is 1. The molecule has 2 nitrogen and oxygen atoms in total. The van der Waals surface area contributed by atoms with Crippen LogP contribution in [0.15, 0.2) is 0 Å². The molecule has 5 rings (SSSR count). The molecule has 0 unspecified atom stereocenters. The molecule has 1 saturated heterocycles. The van der Waals surface area contributed by atoms with Crippen molar-refractivity contribution in [2.45, 2.75) is 63.5 Å². The Labute approximate surface area is 118 Å². The zero-order valence-corrected chi connectivity index (χ0v) is 12.5. The molecule has 4 saturated carbocycles. The van der Waals surface area contributed by atoms with Gasteiger partial charge < -0.3 is 10.2 Å². The number of hydrogen-bond acceptors (Lipinski definition) is 2. The molecule has 0 aromatic heterocycles. The van der Waals surface area contributed by atoms with Crippen molar-refractivity contribution in [3.63, 3.8) is 0 Å². The van der Waals surface area contributed by atoms with E-state index in [1.165, 1.54) is 32.4 Å². The van der Waals surface area contributed by atoms with Crippen LogP contribution in [0.2, 0.25) is 0 Å². The highest BCUT2D eigenvalue weighted by molar-refractivity contribution is 5.01. The molecule has 1 heterocycles. The molecule has 0 radical (unpaired) electrons. The van der Waals surface area contributed by atoms with Gasteiger partial charge in [-0.15, -0.1) is 0 Å². The fourth-order valence-electron chi connectivity index (χ4n) is 6.02. The van der Waals surface area contributed by atoms with Crippen LogP contribution in [0.1, 0.15) is 51.4 Å². The maximum Gasteiger partial charge on any atom is 0.0124 e. The van der Waals surface area contributed by atoms with Crippen molar-refractivity contribution < 1.29 is 0 Å². The Morgan fingerprint density at radius 2 is 1.68 bits per heavy atom. The summed E-state index contributed by atoms with van der Waals surface area (Å²) in [5, 5.41) is 3.99. The minimum atomic E-state index is 0.865. The summed E-state index contributed by atoms with van der Waals surface area (Å²) in [4.78, 5) is 2.57. The Hall–Kier alpha value is -0.0800. The maximum absolute atomic E-state index is 3.99. The lowest BCUT2D eigenvalue weighted by Crippen LogP contribution is -2.54. The Morgan fingerprint density at radius 3 is 2.26 bits per heavy atom. The molecule has 1 atom stereocenters. The lowest BCUT2D eigenvalue weighted by molar-refractivity contribution is -0.0139. The predicted molar refractivity (Wildman–Crippen MR) is 79.1 cm³/mol. The van der Waals surface area contributed by atoms with E-state index in [2.05, 4.69) is 17.3 Å². The minimum Gasteiger partial charge on any atom is -0.313 e. The first-order valence-corrected chi connectivity index (χ1v) is 8.73. The third-order valence-corrected chi connectivity index (χ3v) is 6.76. The lowest BCUT2D eigenvalue weighted by Gasteiger charge is -2.54. The Balaban J connectivity index is 1.29. The highest BCUT2D eigenvalue weighted by atomic mass is 15.1. The highest BCUT2D eigenvalue weighted by Crippen LogP contribution is 2.53. The maximum atomic E-state index is 3.99. The zero-order valence-electron chi connectivity index (χ0n) is 12.5. The smallest absolute Gasteiger partial charge is 0.0124 e. The quantitative estimate of drug-likeness (QED) is 0.838. The molecule has 4 aliphatic carbocycles. The second kappa shape index (κ2) is 5.04. The lowest BCUT2D eigenvalue weighted by atomic mass is 9.54. The summed E-state index contributed by atoms with van der Waals surface area (Å²) in [5.41, 5.74) is 0. The normalized spacial score (nSPS) is 49.1. The van der Waals surface area contributed by atoms with Gasteiger partial charge in [0.25, 0.3) is 0 Å². The third-order valence-electron chi connectivity index (χ3n) is 6.76. The van der Waals surface area contributed by atoms with Crippen LogP contribution < -0.4 is 5.32 Å². The molecule has 0 amide bonds. The van der Waals surface area contributed by atoms with E-state index in [0.29, 0.717) is 0 Å². The first-order valence-electron chi connectivity index (χ1n) is 8.73. The van der Waals surface area contributed by atoms with Crippen molar-refractivity contribution in [2.75, 3.05) is 20.1 Å². The Kier molecular flexibility index (Phi) is 3.35. The number of nitrogens with one attached hydrogen (secondary N) is 1. The molecule has 1 N–H and O–H groups in total. The second-order valence-electron chi connectivity index (χ2n) is 7.98. The summed E-state index contributed by atoms with van der Waals surface area (Å²) in [6, 6.07) is 1.75. The van der Waals surface area contributed by atoms with Gasteiger partial charge >= 0.3 is 0 Å².